The highest BCUT2D eigenvalue weighted by molar-refractivity contribution is 7.26. The van der Waals surface area contributed by atoms with Gasteiger partial charge in [-0.1, -0.05) is 170 Å². The molecule has 0 saturated carbocycles. The summed E-state index contributed by atoms with van der Waals surface area (Å²) >= 11 is 3.73. The number of para-hydroxylation sites is 3. The first kappa shape index (κ1) is 44.9. The van der Waals surface area contributed by atoms with Crippen LogP contribution in [0, 0.1) is 6.92 Å². The summed E-state index contributed by atoms with van der Waals surface area (Å²) in [6, 6.07) is 90.9. The molecule has 2 heterocycles. The molecule has 0 saturated heterocycles. The van der Waals surface area contributed by atoms with Crippen LogP contribution in [-0.4, -0.2) is 0 Å². The van der Waals surface area contributed by atoms with Crippen LogP contribution < -0.4 is 14.7 Å². The fourth-order valence-electron chi connectivity index (χ4n) is 10.8. The van der Waals surface area contributed by atoms with Gasteiger partial charge < -0.3 is 14.7 Å². The van der Waals surface area contributed by atoms with Crippen LogP contribution in [-0.2, 0) is 0 Å². The van der Waals surface area contributed by atoms with Gasteiger partial charge in [-0.15, -0.1) is 22.7 Å². The van der Waals surface area contributed by atoms with Crippen molar-refractivity contribution in [2.75, 3.05) is 14.7 Å². The van der Waals surface area contributed by atoms with Gasteiger partial charge in [-0.2, -0.15) is 0 Å². The number of rotatable bonds is 12. The van der Waals surface area contributed by atoms with Gasteiger partial charge in [0.05, 0.1) is 11.4 Å². The summed E-state index contributed by atoms with van der Waals surface area (Å²) < 4.78 is 5.06. The van der Waals surface area contributed by atoms with Crippen molar-refractivity contribution in [3.8, 4) is 11.1 Å². The first-order valence-electron chi connectivity index (χ1n) is 25.0. The normalized spacial score (nSPS) is 11.6. The molecule has 352 valence electrons. The van der Waals surface area contributed by atoms with Crippen LogP contribution >= 0.6 is 22.7 Å². The number of fused-ring (bicyclic) bond motifs is 7. The van der Waals surface area contributed by atoms with E-state index in [2.05, 4.69) is 283 Å². The van der Waals surface area contributed by atoms with E-state index in [9.17, 15) is 0 Å². The number of thiophene rings is 2. The van der Waals surface area contributed by atoms with Crippen LogP contribution in [0.3, 0.4) is 0 Å². The molecular formula is C69H49N3S2. The van der Waals surface area contributed by atoms with E-state index in [1.54, 1.807) is 0 Å². The first-order valence-corrected chi connectivity index (χ1v) is 26.7. The Morgan fingerprint density at radius 2 is 0.919 bits per heavy atom. The molecule has 3 nitrogen and oxygen atoms in total. The maximum absolute atomic E-state index is 3.98. The molecule has 0 amide bonds. The number of hydrogen-bond acceptors (Lipinski definition) is 5. The lowest BCUT2D eigenvalue weighted by molar-refractivity contribution is 1.23. The molecule has 0 unspecified atom stereocenters. The van der Waals surface area contributed by atoms with E-state index in [0.717, 1.165) is 62.3 Å². The van der Waals surface area contributed by atoms with Crippen molar-refractivity contribution in [2.24, 2.45) is 0 Å². The molecule has 11 aromatic carbocycles. The van der Waals surface area contributed by atoms with Crippen LogP contribution in [0.25, 0.3) is 68.3 Å². The average molecular weight is 984 g/mol. The molecule has 0 atom stereocenters. The number of allylic oxidation sites excluding steroid dienone is 2. The number of hydrogen-bond donors (Lipinski definition) is 0. The van der Waals surface area contributed by atoms with Crippen molar-refractivity contribution in [3.05, 3.63) is 279 Å². The molecule has 74 heavy (non-hydrogen) atoms. The van der Waals surface area contributed by atoms with Gasteiger partial charge in [0.15, 0.2) is 0 Å². The highest BCUT2D eigenvalue weighted by Crippen LogP contribution is 2.51. The summed E-state index contributed by atoms with van der Waals surface area (Å²) in [6.07, 6.45) is 6.00. The van der Waals surface area contributed by atoms with E-state index in [-0.39, 0.29) is 0 Å². The van der Waals surface area contributed by atoms with Crippen molar-refractivity contribution < 1.29 is 0 Å². The smallest absolute Gasteiger partial charge is 0.0554 e. The van der Waals surface area contributed by atoms with Crippen molar-refractivity contribution >= 4 is 131 Å². The summed E-state index contributed by atoms with van der Waals surface area (Å²) in [4.78, 5) is 7.31. The summed E-state index contributed by atoms with van der Waals surface area (Å²) in [5.74, 6) is 0. The molecule has 0 aliphatic rings. The lowest BCUT2D eigenvalue weighted by Gasteiger charge is -2.31. The molecule has 0 aliphatic heterocycles. The van der Waals surface area contributed by atoms with Crippen molar-refractivity contribution in [3.63, 3.8) is 0 Å². The third-order valence-corrected chi connectivity index (χ3v) is 16.5. The van der Waals surface area contributed by atoms with Crippen molar-refractivity contribution in [2.45, 2.75) is 6.92 Å². The Kier molecular flexibility index (Phi) is 11.7. The van der Waals surface area contributed by atoms with Crippen LogP contribution in [0.1, 0.15) is 11.1 Å². The predicted molar refractivity (Wildman–Crippen MR) is 323 cm³/mol. The zero-order chi connectivity index (χ0) is 49.5. The molecule has 0 fully saturated rings. The van der Waals surface area contributed by atoms with Crippen LogP contribution in [0.4, 0.5) is 51.2 Å². The standard InChI is InChI=1S/C69H49N3S2/c1-3-4-22-48-24-18-36-62(47(48)2)71(52-28-10-6-11-29-52)55-43-50(44-56(45-55)72(53-30-12-7-13-31-53)63-37-19-25-49-23-14-15-32-57(49)63)58-34-20-35-60-68-64(38-21-40-67(68)74-69(58)60)70(51-26-8-5-9-27-51)54-41-42-66-61(46-54)59-33-16-17-39-65(59)73-66/h3-46H,1H2,2H3/b22-4-. The van der Waals surface area contributed by atoms with E-state index < -0.39 is 0 Å². The highest BCUT2D eigenvalue weighted by atomic mass is 32.1. The van der Waals surface area contributed by atoms with E-state index in [1.165, 1.54) is 62.2 Å². The second-order valence-corrected chi connectivity index (χ2v) is 20.7. The fourth-order valence-corrected chi connectivity index (χ4v) is 13.1. The Balaban J connectivity index is 1.07. The molecule has 0 bridgehead atoms. The Morgan fingerprint density at radius 1 is 0.378 bits per heavy atom. The average Bonchev–Trinajstić information content (AvgIpc) is 4.04. The van der Waals surface area contributed by atoms with Gasteiger partial charge in [0.1, 0.15) is 0 Å². The third kappa shape index (κ3) is 8.00. The Morgan fingerprint density at radius 3 is 1.65 bits per heavy atom. The zero-order valence-electron chi connectivity index (χ0n) is 40.8. The predicted octanol–water partition coefficient (Wildman–Crippen LogP) is 21.2. The Labute approximate surface area is 439 Å². The second kappa shape index (κ2) is 19.2. The fraction of sp³-hybridized carbons (Fsp3) is 0.0145. The Bertz CT molecular complexity index is 4240. The monoisotopic (exact) mass is 983 g/mol. The SMILES string of the molecule is C=C/C=C\c1cccc(N(c2ccccc2)c2cc(-c3cccc4c3sc3cccc(N(c5ccccc5)c5ccc6sc7ccccc7c6c5)c34)cc(N(c3ccccc3)c3cccc4ccccc34)c2)c1C. The van der Waals surface area contributed by atoms with Crippen LogP contribution in [0.2, 0.25) is 0 Å². The minimum Gasteiger partial charge on any atom is -0.310 e. The number of nitrogens with zero attached hydrogens (tertiary/aromatic N) is 3. The summed E-state index contributed by atoms with van der Waals surface area (Å²) in [5, 5.41) is 7.38. The summed E-state index contributed by atoms with van der Waals surface area (Å²) in [5.41, 5.74) is 14.4. The molecule has 0 aliphatic carbocycles. The molecule has 0 spiro atoms. The van der Waals surface area contributed by atoms with Crippen molar-refractivity contribution in [1.29, 1.82) is 0 Å². The van der Waals surface area contributed by atoms with E-state index in [1.807, 2.05) is 34.8 Å². The molecule has 5 heteroatoms. The quantitative estimate of drug-likeness (QED) is 0.113. The molecule has 13 aromatic rings. The maximum Gasteiger partial charge on any atom is 0.0554 e. The second-order valence-electron chi connectivity index (χ2n) is 18.5. The topological polar surface area (TPSA) is 9.72 Å². The molecule has 13 rings (SSSR count). The number of benzene rings is 11. The lowest BCUT2D eigenvalue weighted by atomic mass is 9.98. The van der Waals surface area contributed by atoms with Gasteiger partial charge in [-0.3, -0.25) is 0 Å². The molecule has 2 aromatic heterocycles. The molecular weight excluding hydrogens is 935 g/mol. The van der Waals surface area contributed by atoms with Crippen LogP contribution in [0.15, 0.2) is 267 Å². The lowest BCUT2D eigenvalue weighted by Crippen LogP contribution is -2.15. The third-order valence-electron chi connectivity index (χ3n) is 14.1. The van der Waals surface area contributed by atoms with E-state index in [4.69, 9.17) is 0 Å². The van der Waals surface area contributed by atoms with Crippen molar-refractivity contribution in [1.82, 2.24) is 0 Å². The van der Waals surface area contributed by atoms with Gasteiger partial charge in [0, 0.05) is 85.5 Å². The molecule has 0 N–H and O–H groups in total. The molecule has 0 radical (unpaired) electrons. The Hall–Kier alpha value is -9.00. The highest BCUT2D eigenvalue weighted by Gasteiger charge is 2.25. The van der Waals surface area contributed by atoms with Gasteiger partial charge in [-0.25, -0.2) is 0 Å². The van der Waals surface area contributed by atoms with Gasteiger partial charge >= 0.3 is 0 Å². The van der Waals surface area contributed by atoms with Gasteiger partial charge in [0.25, 0.3) is 0 Å². The van der Waals surface area contributed by atoms with Crippen LogP contribution in [0.5, 0.6) is 0 Å². The first-order chi connectivity index (χ1) is 36.6. The van der Waals surface area contributed by atoms with Gasteiger partial charge in [0.2, 0.25) is 0 Å². The van der Waals surface area contributed by atoms with Gasteiger partial charge in [-0.05, 0) is 138 Å². The zero-order valence-corrected chi connectivity index (χ0v) is 42.4. The number of anilines is 9. The maximum atomic E-state index is 3.98. The minimum absolute atomic E-state index is 1.04. The summed E-state index contributed by atoms with van der Waals surface area (Å²) in [7, 11) is 0. The van der Waals surface area contributed by atoms with E-state index in [0.29, 0.717) is 0 Å². The minimum atomic E-state index is 1.04. The largest absolute Gasteiger partial charge is 0.310 e. The van der Waals surface area contributed by atoms with E-state index >= 15 is 0 Å². The summed E-state index contributed by atoms with van der Waals surface area (Å²) in [6.45, 7) is 6.20.